The normalized spacial score (nSPS) is 11.1. The number of carbonyl (C=O) groups is 1. The van der Waals surface area contributed by atoms with E-state index in [1.807, 2.05) is 19.0 Å². The van der Waals surface area contributed by atoms with Crippen molar-refractivity contribution in [1.29, 1.82) is 0 Å². The summed E-state index contributed by atoms with van der Waals surface area (Å²) in [5.41, 5.74) is 1.48. The maximum absolute atomic E-state index is 14.2. The molecule has 0 aliphatic rings. The third-order valence-electron chi connectivity index (χ3n) is 4.08. The lowest BCUT2D eigenvalue weighted by atomic mass is 10.1. The molecule has 1 heterocycles. The molecule has 0 saturated carbocycles. The zero-order valence-corrected chi connectivity index (χ0v) is 16.9. The van der Waals surface area contributed by atoms with Crippen LogP contribution in [0.2, 0.25) is 10.0 Å². The van der Waals surface area contributed by atoms with Crippen molar-refractivity contribution < 1.29 is 9.18 Å². The molecule has 0 saturated heterocycles. The van der Waals surface area contributed by atoms with Crippen molar-refractivity contribution in [3.05, 3.63) is 70.1 Å². The van der Waals surface area contributed by atoms with E-state index in [1.165, 1.54) is 10.7 Å². The summed E-state index contributed by atoms with van der Waals surface area (Å²) in [6.45, 7) is 1.15. The monoisotopic (exact) mass is 420 g/mol. The molecule has 0 bridgehead atoms. The van der Waals surface area contributed by atoms with Crippen LogP contribution in [-0.4, -0.2) is 47.8 Å². The van der Waals surface area contributed by atoms with Crippen molar-refractivity contribution in [1.82, 2.24) is 20.0 Å². The topological polar surface area (TPSA) is 50.2 Å². The van der Waals surface area contributed by atoms with Gasteiger partial charge in [0.25, 0.3) is 5.91 Å². The van der Waals surface area contributed by atoms with E-state index in [-0.39, 0.29) is 11.6 Å². The first-order valence-corrected chi connectivity index (χ1v) is 9.35. The van der Waals surface area contributed by atoms with Gasteiger partial charge in [-0.1, -0.05) is 35.3 Å². The lowest BCUT2D eigenvalue weighted by Crippen LogP contribution is -2.32. The zero-order valence-electron chi connectivity index (χ0n) is 15.4. The van der Waals surface area contributed by atoms with Gasteiger partial charge in [-0.25, -0.2) is 9.07 Å². The number of rotatable bonds is 6. The number of likely N-dealkylation sites (N-methyl/N-ethyl adjacent to an activating group) is 1. The molecule has 0 aliphatic carbocycles. The number of nitrogens with one attached hydrogen (secondary N) is 1. The molecule has 0 fully saturated rings. The molecule has 1 aromatic heterocycles. The Morgan fingerprint density at radius 2 is 1.89 bits per heavy atom. The van der Waals surface area contributed by atoms with E-state index in [1.54, 1.807) is 42.5 Å². The van der Waals surface area contributed by atoms with Crippen LogP contribution in [0, 0.1) is 5.82 Å². The molecule has 0 aliphatic heterocycles. The molecule has 28 heavy (non-hydrogen) atoms. The largest absolute Gasteiger partial charge is 0.349 e. The molecule has 3 aromatic rings. The molecule has 146 valence electrons. The third kappa shape index (κ3) is 4.52. The van der Waals surface area contributed by atoms with E-state index in [9.17, 15) is 9.18 Å². The number of aromatic nitrogens is 2. The summed E-state index contributed by atoms with van der Waals surface area (Å²) in [6.07, 6.45) is 0. The van der Waals surface area contributed by atoms with Crippen LogP contribution in [-0.2, 0) is 0 Å². The van der Waals surface area contributed by atoms with Crippen molar-refractivity contribution in [2.75, 3.05) is 27.2 Å². The molecule has 0 radical (unpaired) electrons. The van der Waals surface area contributed by atoms with Crippen LogP contribution in [0.15, 0.2) is 48.5 Å². The summed E-state index contributed by atoms with van der Waals surface area (Å²) in [4.78, 5) is 14.7. The van der Waals surface area contributed by atoms with E-state index in [2.05, 4.69) is 10.4 Å². The molecule has 2 aromatic carbocycles. The molecule has 0 atom stereocenters. The lowest BCUT2D eigenvalue weighted by molar-refractivity contribution is 0.0943. The lowest BCUT2D eigenvalue weighted by Gasteiger charge is -2.11. The first-order chi connectivity index (χ1) is 13.4. The molecule has 0 spiro atoms. The quantitative estimate of drug-likeness (QED) is 0.647. The number of hydrogen-bond acceptors (Lipinski definition) is 3. The highest BCUT2D eigenvalue weighted by Gasteiger charge is 2.19. The van der Waals surface area contributed by atoms with E-state index in [0.717, 1.165) is 0 Å². The number of halogens is 3. The Balaban J connectivity index is 2.04. The van der Waals surface area contributed by atoms with Gasteiger partial charge in [0.2, 0.25) is 0 Å². The molecular formula is C20H19Cl2FN4O. The SMILES string of the molecule is CN(C)CCNC(=O)c1cc(-c2ccccc2F)nn1-c1ccc(Cl)c(Cl)c1. The van der Waals surface area contributed by atoms with E-state index in [4.69, 9.17) is 23.2 Å². The summed E-state index contributed by atoms with van der Waals surface area (Å²) >= 11 is 12.1. The highest BCUT2D eigenvalue weighted by Crippen LogP contribution is 2.28. The van der Waals surface area contributed by atoms with Crippen LogP contribution in [0.25, 0.3) is 16.9 Å². The van der Waals surface area contributed by atoms with Gasteiger partial charge in [-0.2, -0.15) is 5.10 Å². The molecule has 3 rings (SSSR count). The minimum atomic E-state index is -0.416. The number of amides is 1. The third-order valence-corrected chi connectivity index (χ3v) is 4.82. The summed E-state index contributed by atoms with van der Waals surface area (Å²) in [5.74, 6) is -0.733. The van der Waals surface area contributed by atoms with E-state index >= 15 is 0 Å². The Morgan fingerprint density at radius 3 is 2.57 bits per heavy atom. The maximum atomic E-state index is 14.2. The number of carbonyl (C=O) groups excluding carboxylic acids is 1. The van der Waals surface area contributed by atoms with Gasteiger partial charge in [-0.3, -0.25) is 4.79 Å². The average molecular weight is 421 g/mol. The number of nitrogens with zero attached hydrogens (tertiary/aromatic N) is 3. The van der Waals surface area contributed by atoms with Crippen molar-refractivity contribution >= 4 is 29.1 Å². The zero-order chi connectivity index (χ0) is 20.3. The van der Waals surface area contributed by atoms with Crippen LogP contribution in [0.3, 0.4) is 0 Å². The summed E-state index contributed by atoms with van der Waals surface area (Å²) in [5, 5.41) is 8.03. The number of hydrogen-bond donors (Lipinski definition) is 1. The molecule has 1 amide bonds. The first kappa shape index (κ1) is 20.3. The Bertz CT molecular complexity index is 1000. The van der Waals surface area contributed by atoms with Crippen molar-refractivity contribution in [2.24, 2.45) is 0 Å². The fourth-order valence-corrected chi connectivity index (χ4v) is 2.93. The summed E-state index contributed by atoms with van der Waals surface area (Å²) in [7, 11) is 3.84. The van der Waals surface area contributed by atoms with E-state index < -0.39 is 5.82 Å². The van der Waals surface area contributed by atoms with Gasteiger partial charge in [0.15, 0.2) is 0 Å². The second-order valence-corrected chi connectivity index (χ2v) is 7.28. The average Bonchev–Trinajstić information content (AvgIpc) is 3.09. The van der Waals surface area contributed by atoms with Crippen LogP contribution < -0.4 is 5.32 Å². The van der Waals surface area contributed by atoms with Gasteiger partial charge in [0, 0.05) is 18.7 Å². The van der Waals surface area contributed by atoms with Crippen LogP contribution in [0.1, 0.15) is 10.5 Å². The second kappa shape index (κ2) is 8.73. The Kier molecular flexibility index (Phi) is 6.34. The highest BCUT2D eigenvalue weighted by molar-refractivity contribution is 6.42. The van der Waals surface area contributed by atoms with E-state index in [0.29, 0.717) is 40.1 Å². The first-order valence-electron chi connectivity index (χ1n) is 8.60. The molecule has 5 nitrogen and oxygen atoms in total. The standard InChI is InChI=1S/C20H19Cl2FN4O/c1-26(2)10-9-24-20(28)19-12-18(14-5-3-4-6-17(14)23)25-27(19)13-7-8-15(21)16(22)11-13/h3-8,11-12H,9-10H2,1-2H3,(H,24,28). The second-order valence-electron chi connectivity index (χ2n) is 6.46. The van der Waals surface area contributed by atoms with Gasteiger partial charge in [0.05, 0.1) is 21.4 Å². The maximum Gasteiger partial charge on any atom is 0.270 e. The van der Waals surface area contributed by atoms with Gasteiger partial charge in [-0.05, 0) is 50.5 Å². The van der Waals surface area contributed by atoms with Crippen molar-refractivity contribution in [3.63, 3.8) is 0 Å². The minimum absolute atomic E-state index is 0.274. The van der Waals surface area contributed by atoms with Gasteiger partial charge < -0.3 is 10.2 Å². The summed E-state index contributed by atoms with van der Waals surface area (Å²) < 4.78 is 15.7. The summed E-state index contributed by atoms with van der Waals surface area (Å²) in [6, 6.07) is 12.8. The predicted octanol–water partition coefficient (Wildman–Crippen LogP) is 4.28. The molecule has 1 N–H and O–H groups in total. The van der Waals surface area contributed by atoms with Crippen LogP contribution >= 0.6 is 23.2 Å². The van der Waals surface area contributed by atoms with Gasteiger partial charge in [0.1, 0.15) is 11.5 Å². The van der Waals surface area contributed by atoms with Crippen molar-refractivity contribution in [2.45, 2.75) is 0 Å². The predicted molar refractivity (Wildman–Crippen MR) is 110 cm³/mol. The van der Waals surface area contributed by atoms with Crippen LogP contribution in [0.5, 0.6) is 0 Å². The minimum Gasteiger partial charge on any atom is -0.349 e. The Hall–Kier alpha value is -2.41. The number of benzene rings is 2. The smallest absolute Gasteiger partial charge is 0.270 e. The highest BCUT2D eigenvalue weighted by atomic mass is 35.5. The molecule has 0 unspecified atom stereocenters. The molecule has 8 heteroatoms. The fraction of sp³-hybridized carbons (Fsp3) is 0.200. The molecular weight excluding hydrogens is 402 g/mol. The van der Waals surface area contributed by atoms with Gasteiger partial charge in [-0.15, -0.1) is 0 Å². The van der Waals surface area contributed by atoms with Gasteiger partial charge >= 0.3 is 0 Å². The van der Waals surface area contributed by atoms with Crippen molar-refractivity contribution in [3.8, 4) is 16.9 Å². The Labute approximate surface area is 172 Å². The Morgan fingerprint density at radius 1 is 1.14 bits per heavy atom. The van der Waals surface area contributed by atoms with Crippen LogP contribution in [0.4, 0.5) is 4.39 Å². The fourth-order valence-electron chi connectivity index (χ4n) is 2.64.